The smallest absolute Gasteiger partial charge is 0.258 e. The number of fused-ring (bicyclic) bond motifs is 2. The number of nitrogens with zero attached hydrogens (tertiary/aromatic N) is 9. The minimum absolute atomic E-state index is 0.000100. The van der Waals surface area contributed by atoms with Crippen LogP contribution in [0.4, 0.5) is 11.8 Å². The maximum Gasteiger partial charge on any atom is 0.258 e. The molecule has 16 nitrogen and oxygen atoms in total. The number of phenols is 2. The first-order valence-electron chi connectivity index (χ1n) is 21.0. The van der Waals surface area contributed by atoms with Gasteiger partial charge in [-0.15, -0.1) is 11.3 Å². The lowest BCUT2D eigenvalue weighted by molar-refractivity contribution is -0.158. The predicted octanol–water partition coefficient (Wildman–Crippen LogP) is 3.93. The number of phenolic OH excluding ortho intramolecular Hbond substituents is 2. The Morgan fingerprint density at radius 2 is 1.54 bits per heavy atom. The number of amides is 2. The second kappa shape index (κ2) is 16.8. The Balaban J connectivity index is 0.781. The van der Waals surface area contributed by atoms with E-state index in [0.717, 1.165) is 50.7 Å². The molecule has 9 rings (SSSR count). The molecule has 0 atom stereocenters. The summed E-state index contributed by atoms with van der Waals surface area (Å²) in [5, 5.41) is 32.4. The van der Waals surface area contributed by atoms with Gasteiger partial charge in [-0.1, -0.05) is 32.0 Å². The highest BCUT2D eigenvalue weighted by atomic mass is 32.1. The van der Waals surface area contributed by atoms with E-state index in [2.05, 4.69) is 48.9 Å². The number of hydrogen-bond acceptors (Lipinski definition) is 15. The van der Waals surface area contributed by atoms with Crippen molar-refractivity contribution in [2.45, 2.75) is 64.4 Å². The van der Waals surface area contributed by atoms with Crippen molar-refractivity contribution < 1.29 is 29.6 Å². The van der Waals surface area contributed by atoms with Gasteiger partial charge in [0.05, 0.1) is 34.6 Å². The summed E-state index contributed by atoms with van der Waals surface area (Å²) in [6.45, 7) is 12.6. The SMILES string of the molecule is CC(C)c1cc(C(=O)N2Cc3ccc(CN4CCN(C(=O)C5(O)CCN(Cc6cc7nc(-c8cnc(N)nc8)nc(N8CCOCC8)c7s6)CC5)CC4)cc3C2)c(O)cc1O. The maximum absolute atomic E-state index is 13.8. The van der Waals surface area contributed by atoms with Crippen LogP contribution in [0.15, 0.2) is 48.8 Å². The van der Waals surface area contributed by atoms with E-state index in [4.69, 9.17) is 20.4 Å². The summed E-state index contributed by atoms with van der Waals surface area (Å²) in [6.07, 6.45) is 4.03. The fourth-order valence-electron chi connectivity index (χ4n) is 8.88. The molecule has 2 aromatic carbocycles. The van der Waals surface area contributed by atoms with E-state index in [9.17, 15) is 24.9 Å². The number of piperidine rings is 1. The number of thiophene rings is 1. The van der Waals surface area contributed by atoms with Gasteiger partial charge in [-0.05, 0) is 53.1 Å². The van der Waals surface area contributed by atoms with Crippen molar-refractivity contribution in [3.05, 3.63) is 81.5 Å². The van der Waals surface area contributed by atoms with E-state index < -0.39 is 5.60 Å². The van der Waals surface area contributed by atoms with Gasteiger partial charge in [-0.3, -0.25) is 19.4 Å². The number of hydrogen-bond donors (Lipinski definition) is 4. The quantitative estimate of drug-likeness (QED) is 0.167. The van der Waals surface area contributed by atoms with E-state index in [1.807, 2.05) is 18.7 Å². The molecule has 0 radical (unpaired) electrons. The topological polar surface area (TPSA) is 198 Å². The van der Waals surface area contributed by atoms with Gasteiger partial charge in [0, 0.05) is 102 Å². The van der Waals surface area contributed by atoms with Gasteiger partial charge in [-0.2, -0.15) is 0 Å². The van der Waals surface area contributed by atoms with Crippen LogP contribution in [-0.2, 0) is 35.7 Å². The second-order valence-corrected chi connectivity index (χ2v) is 18.1. The number of aromatic nitrogens is 4. The molecule has 3 aromatic heterocycles. The van der Waals surface area contributed by atoms with Crippen LogP contribution in [0.5, 0.6) is 11.5 Å². The van der Waals surface area contributed by atoms with Crippen LogP contribution in [0.25, 0.3) is 21.6 Å². The van der Waals surface area contributed by atoms with Crippen LogP contribution in [0.3, 0.4) is 0 Å². The van der Waals surface area contributed by atoms with Crippen molar-refractivity contribution in [2.24, 2.45) is 0 Å². The molecule has 61 heavy (non-hydrogen) atoms. The highest BCUT2D eigenvalue weighted by molar-refractivity contribution is 7.19. The van der Waals surface area contributed by atoms with E-state index in [1.54, 1.807) is 34.7 Å². The molecule has 4 aliphatic heterocycles. The van der Waals surface area contributed by atoms with Crippen LogP contribution >= 0.6 is 11.3 Å². The summed E-state index contributed by atoms with van der Waals surface area (Å²) in [4.78, 5) is 57.0. The number of nitrogens with two attached hydrogens (primary N) is 1. The summed E-state index contributed by atoms with van der Waals surface area (Å²) in [6, 6.07) is 11.3. The number of likely N-dealkylation sites (tertiary alicyclic amines) is 1. The Labute approximate surface area is 358 Å². The summed E-state index contributed by atoms with van der Waals surface area (Å²) in [5.41, 5.74) is 10.00. The number of morpholine rings is 1. The highest BCUT2D eigenvalue weighted by Crippen LogP contribution is 2.37. The van der Waals surface area contributed by atoms with Crippen LogP contribution in [0, 0.1) is 0 Å². The number of aliphatic hydroxyl groups is 1. The standard InChI is InChI=1S/C44H52N10O6S/c1-27(2)33-19-34(37(56)20-36(33)55)41(57)54-24-29-4-3-28(17-30(29)25-54)23-51-9-11-53(12-10-51)42(58)44(59)5-7-50(8-6-44)26-32-18-35-38(61-32)40(52-13-15-60-16-14-52)49-39(48-35)31-21-46-43(45)47-22-31/h3-4,17-22,27,55-56,59H,5-16,23-26H2,1-2H3,(H2,45,46,47). The van der Waals surface area contributed by atoms with Gasteiger partial charge in [0.15, 0.2) is 11.6 Å². The molecule has 17 heteroatoms. The van der Waals surface area contributed by atoms with Crippen molar-refractivity contribution in [1.29, 1.82) is 0 Å². The van der Waals surface area contributed by atoms with Gasteiger partial charge in [0.25, 0.3) is 11.8 Å². The fraction of sp³-hybridized carbons (Fsp3) is 0.455. The van der Waals surface area contributed by atoms with E-state index in [1.165, 1.54) is 6.07 Å². The Bertz CT molecular complexity index is 2440. The summed E-state index contributed by atoms with van der Waals surface area (Å²) >= 11 is 1.68. The number of ether oxygens (including phenoxy) is 1. The summed E-state index contributed by atoms with van der Waals surface area (Å²) < 4.78 is 6.63. The molecule has 3 saturated heterocycles. The predicted molar refractivity (Wildman–Crippen MR) is 231 cm³/mol. The molecular weight excluding hydrogens is 797 g/mol. The zero-order valence-electron chi connectivity index (χ0n) is 34.6. The Hall–Kier alpha value is -5.46. The van der Waals surface area contributed by atoms with Gasteiger partial charge in [0.1, 0.15) is 17.1 Å². The average molecular weight is 849 g/mol. The largest absolute Gasteiger partial charge is 0.508 e. The van der Waals surface area contributed by atoms with Gasteiger partial charge >= 0.3 is 0 Å². The lowest BCUT2D eigenvalue weighted by Gasteiger charge is -2.42. The minimum atomic E-state index is -1.39. The molecule has 5 aromatic rings. The number of rotatable bonds is 9. The average Bonchev–Trinajstić information content (AvgIpc) is 3.88. The number of nitrogen functional groups attached to an aromatic ring is 1. The molecule has 0 bridgehead atoms. The maximum atomic E-state index is 13.8. The molecule has 7 heterocycles. The number of piperazine rings is 1. The minimum Gasteiger partial charge on any atom is -0.508 e. The summed E-state index contributed by atoms with van der Waals surface area (Å²) in [5.74, 6) is 0.923. The number of carbonyl (C=O) groups excluding carboxylic acids is 2. The summed E-state index contributed by atoms with van der Waals surface area (Å²) in [7, 11) is 0. The van der Waals surface area contributed by atoms with E-state index in [-0.39, 0.29) is 40.7 Å². The monoisotopic (exact) mass is 848 g/mol. The van der Waals surface area contributed by atoms with Crippen molar-refractivity contribution in [1.82, 2.24) is 39.5 Å². The molecule has 5 N–H and O–H groups in total. The first-order chi connectivity index (χ1) is 29.4. The second-order valence-electron chi connectivity index (χ2n) is 17.0. The van der Waals surface area contributed by atoms with Crippen molar-refractivity contribution >= 4 is 45.1 Å². The molecular formula is C44H52N10O6S. The Morgan fingerprint density at radius 3 is 2.26 bits per heavy atom. The third-order valence-electron chi connectivity index (χ3n) is 12.4. The van der Waals surface area contributed by atoms with E-state index in [0.29, 0.717) is 108 Å². The molecule has 0 aliphatic carbocycles. The lowest BCUT2D eigenvalue weighted by Crippen LogP contribution is -2.58. The molecule has 4 aliphatic rings. The number of benzene rings is 2. The zero-order chi connectivity index (χ0) is 42.4. The zero-order valence-corrected chi connectivity index (χ0v) is 35.4. The lowest BCUT2D eigenvalue weighted by atomic mass is 9.89. The van der Waals surface area contributed by atoms with Crippen LogP contribution < -0.4 is 10.6 Å². The van der Waals surface area contributed by atoms with Crippen LogP contribution in [0.2, 0.25) is 0 Å². The van der Waals surface area contributed by atoms with Gasteiger partial charge < -0.3 is 40.5 Å². The van der Waals surface area contributed by atoms with Crippen LogP contribution in [0.1, 0.15) is 70.1 Å². The first kappa shape index (κ1) is 40.9. The highest BCUT2D eigenvalue weighted by Gasteiger charge is 2.42. The fourth-order valence-corrected chi connectivity index (χ4v) is 10.0. The Kier molecular flexibility index (Phi) is 11.3. The first-order valence-corrected chi connectivity index (χ1v) is 21.9. The normalized spacial score (nSPS) is 18.6. The molecule has 320 valence electrons. The number of anilines is 2. The molecule has 0 unspecified atom stereocenters. The Morgan fingerprint density at radius 1 is 0.836 bits per heavy atom. The van der Waals surface area contributed by atoms with Gasteiger partial charge in [0.2, 0.25) is 5.95 Å². The molecule has 3 fully saturated rings. The van der Waals surface area contributed by atoms with Crippen LogP contribution in [-0.4, -0.2) is 138 Å². The third-order valence-corrected chi connectivity index (χ3v) is 13.6. The molecule has 0 spiro atoms. The number of aromatic hydroxyl groups is 2. The van der Waals surface area contributed by atoms with Crippen molar-refractivity contribution in [3.8, 4) is 22.9 Å². The van der Waals surface area contributed by atoms with Gasteiger partial charge in [-0.25, -0.2) is 19.9 Å². The third kappa shape index (κ3) is 8.44. The van der Waals surface area contributed by atoms with Crippen molar-refractivity contribution in [2.75, 3.05) is 76.2 Å². The van der Waals surface area contributed by atoms with Crippen molar-refractivity contribution in [3.63, 3.8) is 0 Å². The van der Waals surface area contributed by atoms with E-state index >= 15 is 0 Å². The molecule has 2 amide bonds. The molecule has 0 saturated carbocycles. The number of carbonyl (C=O) groups is 2.